The number of fused-ring (bicyclic) bond motifs is 1. The number of benzene rings is 1. The maximum Gasteiger partial charge on any atom is 0.144 e. The highest BCUT2D eigenvalue weighted by molar-refractivity contribution is 5.76. The molecule has 1 aliphatic heterocycles. The van der Waals surface area contributed by atoms with Crippen LogP contribution in [0.1, 0.15) is 22.5 Å². The molecule has 0 amide bonds. The van der Waals surface area contributed by atoms with Crippen molar-refractivity contribution < 1.29 is 4.74 Å². The first kappa shape index (κ1) is 14.7. The van der Waals surface area contributed by atoms with E-state index in [-0.39, 0.29) is 0 Å². The minimum absolute atomic E-state index is 0.849. The number of para-hydroxylation sites is 1. The van der Waals surface area contributed by atoms with Gasteiger partial charge >= 0.3 is 0 Å². The molecule has 4 heteroatoms. The van der Waals surface area contributed by atoms with Gasteiger partial charge in [-0.15, -0.1) is 0 Å². The summed E-state index contributed by atoms with van der Waals surface area (Å²) in [6.45, 7) is 4.17. The third kappa shape index (κ3) is 2.50. The van der Waals surface area contributed by atoms with Gasteiger partial charge in [0.05, 0.1) is 17.8 Å². The first-order chi connectivity index (χ1) is 11.6. The van der Waals surface area contributed by atoms with E-state index in [1.807, 2.05) is 0 Å². The van der Waals surface area contributed by atoms with Gasteiger partial charge in [0.1, 0.15) is 5.75 Å². The fourth-order valence-electron chi connectivity index (χ4n) is 3.29. The van der Waals surface area contributed by atoms with Crippen LogP contribution in [0.5, 0.6) is 5.75 Å². The highest BCUT2D eigenvalue weighted by atomic mass is 16.5. The summed E-state index contributed by atoms with van der Waals surface area (Å²) in [4.78, 5) is 6.88. The molecule has 4 nitrogen and oxygen atoms in total. The van der Waals surface area contributed by atoms with Crippen molar-refractivity contribution in [3.63, 3.8) is 0 Å². The molecule has 3 heterocycles. The number of hydrogen-bond donors (Lipinski definition) is 3. The van der Waals surface area contributed by atoms with E-state index < -0.39 is 0 Å². The lowest BCUT2D eigenvalue weighted by Crippen LogP contribution is -2.16. The molecule has 0 spiro atoms. The van der Waals surface area contributed by atoms with Crippen LogP contribution in [-0.4, -0.2) is 17.1 Å². The standard InChI is InChI=1S/C20H21N3O/c1-12-8-13(2)21-16(12)10-19-20(24-3)11-18(23-19)17-9-14-6-4-5-7-15(14)22-17/h4-8,10-11,21-23H,9H2,1-3H3. The Morgan fingerprint density at radius 1 is 1.08 bits per heavy atom. The third-order valence-electron chi connectivity index (χ3n) is 4.50. The zero-order chi connectivity index (χ0) is 16.7. The van der Waals surface area contributed by atoms with Gasteiger partial charge in [0, 0.05) is 35.3 Å². The number of rotatable bonds is 2. The van der Waals surface area contributed by atoms with Gasteiger partial charge < -0.3 is 20.0 Å². The molecule has 1 aromatic carbocycles. The number of H-pyrrole nitrogens is 2. The van der Waals surface area contributed by atoms with Crippen molar-refractivity contribution in [2.45, 2.75) is 20.3 Å². The van der Waals surface area contributed by atoms with Crippen LogP contribution >= 0.6 is 0 Å². The summed E-state index contributed by atoms with van der Waals surface area (Å²) in [5, 5.41) is 5.54. The Hall–Kier alpha value is -2.88. The zero-order valence-electron chi connectivity index (χ0n) is 14.2. The summed E-state index contributed by atoms with van der Waals surface area (Å²) in [5.41, 5.74) is 7.17. The highest BCUT2D eigenvalue weighted by Crippen LogP contribution is 2.27. The van der Waals surface area contributed by atoms with Gasteiger partial charge in [-0.1, -0.05) is 18.2 Å². The average Bonchev–Trinajstić information content (AvgIpc) is 3.24. The van der Waals surface area contributed by atoms with Crippen molar-refractivity contribution in [1.82, 2.24) is 9.97 Å². The Balaban J connectivity index is 1.82. The van der Waals surface area contributed by atoms with Gasteiger partial charge in [-0.05, 0) is 43.2 Å². The number of hydrogen-bond acceptors (Lipinski definition) is 2. The Morgan fingerprint density at radius 3 is 2.62 bits per heavy atom. The molecule has 0 bridgehead atoms. The van der Waals surface area contributed by atoms with Crippen molar-refractivity contribution in [3.8, 4) is 5.75 Å². The van der Waals surface area contributed by atoms with Crippen LogP contribution in [-0.2, 0) is 6.42 Å². The molecule has 3 N–H and O–H groups in total. The molecule has 4 rings (SSSR count). The summed E-state index contributed by atoms with van der Waals surface area (Å²) >= 11 is 0. The number of anilines is 1. The number of methoxy groups -OCH3 is 1. The third-order valence-corrected chi connectivity index (χ3v) is 4.50. The molecular weight excluding hydrogens is 298 g/mol. The number of aromatic amines is 2. The Bertz CT molecular complexity index is 997. The van der Waals surface area contributed by atoms with E-state index in [4.69, 9.17) is 4.74 Å². The number of nitrogens with one attached hydrogen (secondary N) is 3. The van der Waals surface area contributed by atoms with E-state index in [1.165, 1.54) is 22.5 Å². The maximum absolute atomic E-state index is 5.56. The van der Waals surface area contributed by atoms with Crippen LogP contribution in [0.15, 0.2) is 36.4 Å². The number of aromatic nitrogens is 2. The number of aryl methyl sites for hydroxylation is 2. The summed E-state index contributed by atoms with van der Waals surface area (Å²) in [6.07, 6.45) is 3.01. The lowest BCUT2D eigenvalue weighted by molar-refractivity contribution is 0.412. The molecule has 0 atom stereocenters. The summed E-state index contributed by atoms with van der Waals surface area (Å²) < 4.78 is 5.56. The maximum atomic E-state index is 5.56. The largest absolute Gasteiger partial charge is 0.494 e. The Morgan fingerprint density at radius 2 is 1.92 bits per heavy atom. The van der Waals surface area contributed by atoms with E-state index in [1.54, 1.807) is 7.11 Å². The first-order valence-corrected chi connectivity index (χ1v) is 8.13. The SMILES string of the molecule is COc1cc(=C2Cc3ccccc3N2)[nH]c1=Cc1[nH]c(C)cc1C. The lowest BCUT2D eigenvalue weighted by atomic mass is 10.1. The molecule has 0 saturated carbocycles. The molecule has 0 unspecified atom stereocenters. The molecule has 1 aliphatic rings. The van der Waals surface area contributed by atoms with E-state index in [9.17, 15) is 0 Å². The highest BCUT2D eigenvalue weighted by Gasteiger charge is 2.15. The lowest BCUT2D eigenvalue weighted by Gasteiger charge is -1.97. The van der Waals surface area contributed by atoms with Crippen LogP contribution in [0.4, 0.5) is 5.69 Å². The molecule has 24 heavy (non-hydrogen) atoms. The smallest absolute Gasteiger partial charge is 0.144 e. The minimum Gasteiger partial charge on any atom is -0.494 e. The second kappa shape index (κ2) is 5.64. The fraction of sp³-hybridized carbons (Fsp3) is 0.200. The monoisotopic (exact) mass is 319 g/mol. The molecule has 0 radical (unpaired) electrons. The van der Waals surface area contributed by atoms with Crippen molar-refractivity contribution >= 4 is 17.5 Å². The van der Waals surface area contributed by atoms with Crippen molar-refractivity contribution in [3.05, 3.63) is 69.6 Å². The van der Waals surface area contributed by atoms with E-state index >= 15 is 0 Å². The second-order valence-electron chi connectivity index (χ2n) is 6.30. The molecule has 0 fully saturated rings. The van der Waals surface area contributed by atoms with E-state index in [0.717, 1.165) is 34.3 Å². The van der Waals surface area contributed by atoms with Crippen LogP contribution in [0, 0.1) is 13.8 Å². The van der Waals surface area contributed by atoms with E-state index in [2.05, 4.69) is 71.6 Å². The summed E-state index contributed by atoms with van der Waals surface area (Å²) in [7, 11) is 1.71. The molecular formula is C20H21N3O. The van der Waals surface area contributed by atoms with Crippen molar-refractivity contribution in [2.24, 2.45) is 0 Å². The van der Waals surface area contributed by atoms with Gasteiger partial charge in [-0.25, -0.2) is 0 Å². The van der Waals surface area contributed by atoms with Gasteiger partial charge in [0.2, 0.25) is 0 Å². The van der Waals surface area contributed by atoms with Crippen LogP contribution in [0.3, 0.4) is 0 Å². The molecule has 0 aliphatic carbocycles. The average molecular weight is 319 g/mol. The predicted octanol–water partition coefficient (Wildman–Crippen LogP) is 2.57. The van der Waals surface area contributed by atoms with Crippen LogP contribution < -0.4 is 20.8 Å². The second-order valence-corrected chi connectivity index (χ2v) is 6.30. The normalized spacial score (nSPS) is 16.2. The van der Waals surface area contributed by atoms with Gasteiger partial charge in [0.15, 0.2) is 0 Å². The predicted molar refractivity (Wildman–Crippen MR) is 97.6 cm³/mol. The fourth-order valence-corrected chi connectivity index (χ4v) is 3.29. The Labute approximate surface area is 140 Å². The van der Waals surface area contributed by atoms with Crippen LogP contribution in [0.2, 0.25) is 0 Å². The molecule has 3 aromatic rings. The molecule has 2 aromatic heterocycles. The van der Waals surface area contributed by atoms with Gasteiger partial charge in [-0.2, -0.15) is 0 Å². The minimum atomic E-state index is 0.849. The van der Waals surface area contributed by atoms with Crippen LogP contribution in [0.25, 0.3) is 11.8 Å². The summed E-state index contributed by atoms with van der Waals surface area (Å²) in [5.74, 6) is 0.849. The molecule has 122 valence electrons. The zero-order valence-corrected chi connectivity index (χ0v) is 14.2. The van der Waals surface area contributed by atoms with E-state index in [0.29, 0.717) is 0 Å². The van der Waals surface area contributed by atoms with Gasteiger partial charge in [-0.3, -0.25) is 0 Å². The van der Waals surface area contributed by atoms with Crippen molar-refractivity contribution in [2.75, 3.05) is 12.4 Å². The van der Waals surface area contributed by atoms with Gasteiger partial charge in [0.25, 0.3) is 0 Å². The summed E-state index contributed by atoms with van der Waals surface area (Å²) in [6, 6.07) is 12.6. The molecule has 0 saturated heterocycles. The number of ether oxygens (including phenoxy) is 1. The Kier molecular flexibility index (Phi) is 3.45. The quantitative estimate of drug-likeness (QED) is 0.680. The van der Waals surface area contributed by atoms with Crippen molar-refractivity contribution in [1.29, 1.82) is 0 Å². The topological polar surface area (TPSA) is 52.8 Å². The first-order valence-electron chi connectivity index (χ1n) is 8.13.